The van der Waals surface area contributed by atoms with E-state index >= 15 is 0 Å². The molecule has 0 aromatic carbocycles. The number of hydrogen-bond acceptors (Lipinski definition) is 5. The van der Waals surface area contributed by atoms with Gasteiger partial charge in [0, 0.05) is 6.54 Å². The highest BCUT2D eigenvalue weighted by atomic mass is 19.1. The van der Waals surface area contributed by atoms with E-state index in [9.17, 15) is 14.0 Å². The fourth-order valence-electron chi connectivity index (χ4n) is 2.71. The molecule has 1 aliphatic heterocycles. The summed E-state index contributed by atoms with van der Waals surface area (Å²) in [5.74, 6) is -0.827. The number of carbonyl (C=O) groups is 2. The molecule has 3 heterocycles. The summed E-state index contributed by atoms with van der Waals surface area (Å²) in [5.41, 5.74) is 5.64. The van der Waals surface area contributed by atoms with Crippen LogP contribution in [-0.2, 0) is 9.53 Å². The molecule has 1 fully saturated rings. The summed E-state index contributed by atoms with van der Waals surface area (Å²) in [5, 5.41) is 7.22. The number of amides is 2. The topological polar surface area (TPSA) is 102 Å². The number of morpholine rings is 1. The maximum Gasteiger partial charge on any atom is 0.253 e. The second-order valence-electron chi connectivity index (χ2n) is 6.85. The molecule has 0 spiro atoms. The first-order valence-electron chi connectivity index (χ1n) is 8.33. The lowest BCUT2D eigenvalue weighted by Gasteiger charge is -2.26. The van der Waals surface area contributed by atoms with Crippen LogP contribution in [0.4, 0.5) is 15.8 Å². The molecule has 3 rings (SSSR count). The molecule has 1 atom stereocenters. The Morgan fingerprint density at radius 1 is 1.50 bits per heavy atom. The molecule has 0 saturated carbocycles. The Morgan fingerprint density at radius 2 is 2.23 bits per heavy atom. The number of hydrogen-bond donors (Lipinski definition) is 2. The molecule has 8 nitrogen and oxygen atoms in total. The van der Waals surface area contributed by atoms with E-state index in [-0.39, 0.29) is 18.1 Å². The number of anilines is 2. The Labute approximate surface area is 150 Å². The first-order chi connectivity index (χ1) is 12.2. The van der Waals surface area contributed by atoms with Crippen molar-refractivity contribution < 1.29 is 18.7 Å². The van der Waals surface area contributed by atoms with Crippen LogP contribution >= 0.6 is 0 Å². The molecule has 140 valence electrons. The molecule has 2 amide bonds. The van der Waals surface area contributed by atoms with Gasteiger partial charge in [-0.05, 0) is 26.8 Å². The van der Waals surface area contributed by atoms with Gasteiger partial charge in [-0.2, -0.15) is 5.10 Å². The van der Waals surface area contributed by atoms with Crippen molar-refractivity contribution in [3.05, 3.63) is 24.0 Å². The van der Waals surface area contributed by atoms with E-state index in [1.807, 2.05) is 0 Å². The standard InChI is InChI=1S/C17H22FN5O3/c1-10(17(2,3)18)21-15-12(16(19)25)7-20-23-8-11(6-13(15)23)22-4-5-26-9-14(22)24/h6-8,10,21H,4-5,9H2,1-3H3,(H2,19,25). The van der Waals surface area contributed by atoms with Gasteiger partial charge in [0.05, 0.1) is 47.5 Å². The largest absolute Gasteiger partial charge is 0.377 e. The number of aromatic nitrogens is 2. The van der Waals surface area contributed by atoms with E-state index in [1.165, 1.54) is 24.6 Å². The second-order valence-corrected chi connectivity index (χ2v) is 6.85. The normalized spacial score (nSPS) is 16.8. The molecular formula is C17H22FN5O3. The lowest BCUT2D eigenvalue weighted by Crippen LogP contribution is -2.41. The number of carbonyl (C=O) groups excluding carboxylic acids is 2. The van der Waals surface area contributed by atoms with Crippen LogP contribution in [0.15, 0.2) is 18.5 Å². The Balaban J connectivity index is 2.08. The average Bonchev–Trinajstić information content (AvgIpc) is 2.98. The second kappa shape index (κ2) is 6.56. The minimum absolute atomic E-state index is 0.0182. The molecule has 0 bridgehead atoms. The Morgan fingerprint density at radius 3 is 2.85 bits per heavy atom. The van der Waals surface area contributed by atoms with Crippen molar-refractivity contribution in [3.63, 3.8) is 0 Å². The minimum Gasteiger partial charge on any atom is -0.377 e. The van der Waals surface area contributed by atoms with Crippen molar-refractivity contribution >= 4 is 28.7 Å². The zero-order valence-corrected chi connectivity index (χ0v) is 15.0. The number of primary amides is 1. The van der Waals surface area contributed by atoms with Crippen LogP contribution in [0.25, 0.3) is 5.52 Å². The van der Waals surface area contributed by atoms with Gasteiger partial charge in [0.1, 0.15) is 12.3 Å². The van der Waals surface area contributed by atoms with Crippen LogP contribution in [0, 0.1) is 0 Å². The van der Waals surface area contributed by atoms with Crippen molar-refractivity contribution in [3.8, 4) is 0 Å². The van der Waals surface area contributed by atoms with Crippen LogP contribution in [0.2, 0.25) is 0 Å². The Hall–Kier alpha value is -2.68. The lowest BCUT2D eigenvalue weighted by molar-refractivity contribution is -0.125. The molecule has 2 aromatic heterocycles. The molecule has 9 heteroatoms. The van der Waals surface area contributed by atoms with Crippen molar-refractivity contribution in [1.29, 1.82) is 0 Å². The predicted molar refractivity (Wildman–Crippen MR) is 95.2 cm³/mol. The van der Waals surface area contributed by atoms with Crippen molar-refractivity contribution in [2.75, 3.05) is 30.0 Å². The number of rotatable bonds is 5. The van der Waals surface area contributed by atoms with E-state index in [0.29, 0.717) is 30.0 Å². The van der Waals surface area contributed by atoms with Crippen LogP contribution in [0.3, 0.4) is 0 Å². The van der Waals surface area contributed by atoms with Crippen LogP contribution in [-0.4, -0.2) is 52.9 Å². The van der Waals surface area contributed by atoms with Gasteiger partial charge >= 0.3 is 0 Å². The molecule has 2 aromatic rings. The van der Waals surface area contributed by atoms with Crippen LogP contribution in [0.1, 0.15) is 31.1 Å². The summed E-state index contributed by atoms with van der Waals surface area (Å²) in [7, 11) is 0. The highest BCUT2D eigenvalue weighted by Gasteiger charge is 2.28. The highest BCUT2D eigenvalue weighted by molar-refractivity contribution is 6.03. The Bertz CT molecular complexity index is 858. The molecule has 1 aliphatic rings. The van der Waals surface area contributed by atoms with E-state index < -0.39 is 17.6 Å². The minimum atomic E-state index is -1.52. The summed E-state index contributed by atoms with van der Waals surface area (Å²) >= 11 is 0. The van der Waals surface area contributed by atoms with Gasteiger partial charge in [-0.1, -0.05) is 0 Å². The average molecular weight is 363 g/mol. The molecule has 26 heavy (non-hydrogen) atoms. The number of halogens is 1. The monoisotopic (exact) mass is 363 g/mol. The maximum absolute atomic E-state index is 14.3. The molecule has 0 aliphatic carbocycles. The zero-order chi connectivity index (χ0) is 19.1. The van der Waals surface area contributed by atoms with Crippen molar-refractivity contribution in [1.82, 2.24) is 9.61 Å². The van der Waals surface area contributed by atoms with Gasteiger partial charge in [-0.3, -0.25) is 9.59 Å². The van der Waals surface area contributed by atoms with Gasteiger partial charge < -0.3 is 20.7 Å². The summed E-state index contributed by atoms with van der Waals surface area (Å²) in [6, 6.07) is 1.14. The molecule has 1 unspecified atom stereocenters. The third kappa shape index (κ3) is 3.34. The summed E-state index contributed by atoms with van der Waals surface area (Å²) < 4.78 is 21.0. The molecular weight excluding hydrogens is 341 g/mol. The Kier molecular flexibility index (Phi) is 4.57. The number of ether oxygens (including phenoxy) is 1. The molecule has 0 radical (unpaired) electrons. The molecule has 3 N–H and O–H groups in total. The number of nitrogens with zero attached hydrogens (tertiary/aromatic N) is 3. The number of nitrogens with one attached hydrogen (secondary N) is 1. The summed E-state index contributed by atoms with van der Waals surface area (Å²) in [6.07, 6.45) is 3.01. The molecule has 1 saturated heterocycles. The third-order valence-corrected chi connectivity index (χ3v) is 4.58. The summed E-state index contributed by atoms with van der Waals surface area (Å²) in [4.78, 5) is 25.5. The maximum atomic E-state index is 14.3. The lowest BCUT2D eigenvalue weighted by atomic mass is 10.0. The fraction of sp³-hybridized carbons (Fsp3) is 0.471. The zero-order valence-electron chi connectivity index (χ0n) is 15.0. The number of nitrogens with two attached hydrogens (primary N) is 1. The van der Waals surface area contributed by atoms with Crippen LogP contribution < -0.4 is 16.0 Å². The van der Waals surface area contributed by atoms with E-state index in [0.717, 1.165) is 0 Å². The SMILES string of the molecule is CC(Nc1c(C(N)=O)cnn2cc(N3CCOCC3=O)cc12)C(C)(C)F. The van der Waals surface area contributed by atoms with E-state index in [4.69, 9.17) is 10.5 Å². The third-order valence-electron chi connectivity index (χ3n) is 4.58. The van der Waals surface area contributed by atoms with Crippen molar-refractivity contribution in [2.45, 2.75) is 32.5 Å². The smallest absolute Gasteiger partial charge is 0.253 e. The first-order valence-corrected chi connectivity index (χ1v) is 8.33. The number of fused-ring (bicyclic) bond motifs is 1. The van der Waals surface area contributed by atoms with Crippen molar-refractivity contribution in [2.24, 2.45) is 5.73 Å². The summed E-state index contributed by atoms with van der Waals surface area (Å²) in [6.45, 7) is 5.46. The quantitative estimate of drug-likeness (QED) is 0.835. The fourth-order valence-corrected chi connectivity index (χ4v) is 2.71. The first kappa shape index (κ1) is 18.1. The van der Waals surface area contributed by atoms with Gasteiger partial charge in [-0.15, -0.1) is 0 Å². The predicted octanol–water partition coefficient (Wildman–Crippen LogP) is 1.34. The van der Waals surface area contributed by atoms with Crippen LogP contribution in [0.5, 0.6) is 0 Å². The van der Waals surface area contributed by atoms with Gasteiger partial charge in [-0.25, -0.2) is 8.91 Å². The highest BCUT2D eigenvalue weighted by Crippen LogP contribution is 2.30. The van der Waals surface area contributed by atoms with Gasteiger partial charge in [0.25, 0.3) is 11.8 Å². The van der Waals surface area contributed by atoms with Gasteiger partial charge in [0.2, 0.25) is 0 Å². The number of alkyl halides is 1. The van der Waals surface area contributed by atoms with E-state index in [2.05, 4.69) is 10.4 Å². The van der Waals surface area contributed by atoms with Gasteiger partial charge in [0.15, 0.2) is 0 Å². The van der Waals surface area contributed by atoms with E-state index in [1.54, 1.807) is 24.1 Å².